The van der Waals surface area contributed by atoms with E-state index in [4.69, 9.17) is 0 Å². The quantitative estimate of drug-likeness (QED) is 0.0900. The van der Waals surface area contributed by atoms with Gasteiger partial charge in [0.2, 0.25) is 11.4 Å². The fourth-order valence-corrected chi connectivity index (χ4v) is 6.66. The zero-order valence-corrected chi connectivity index (χ0v) is 29.3. The molecule has 0 N–H and O–H groups in total. The van der Waals surface area contributed by atoms with Crippen LogP contribution in [-0.2, 0) is 25.7 Å². The van der Waals surface area contributed by atoms with E-state index in [-0.39, 0.29) is 0 Å². The summed E-state index contributed by atoms with van der Waals surface area (Å²) in [5.74, 6) is 0. The predicted octanol–water partition coefficient (Wildman–Crippen LogP) is 13.4. The summed E-state index contributed by atoms with van der Waals surface area (Å²) in [6.07, 6.45) is 27.8. The van der Waals surface area contributed by atoms with E-state index in [9.17, 15) is 5.53 Å². The van der Waals surface area contributed by atoms with Gasteiger partial charge in [0.1, 0.15) is 0 Å². The summed E-state index contributed by atoms with van der Waals surface area (Å²) in [5.41, 5.74) is 23.4. The van der Waals surface area contributed by atoms with E-state index in [0.29, 0.717) is 0 Å². The first-order valence-corrected chi connectivity index (χ1v) is 18.7. The summed E-state index contributed by atoms with van der Waals surface area (Å²) in [7, 11) is 0. The molecule has 0 saturated carbocycles. The molecule has 3 rings (SSSR count). The summed E-state index contributed by atoms with van der Waals surface area (Å²) in [4.78, 5) is 0. The monoisotopic (exact) mass is 597 g/mol. The third-order valence-corrected chi connectivity index (χ3v) is 9.31. The van der Waals surface area contributed by atoms with Crippen molar-refractivity contribution in [1.29, 1.82) is 0 Å². The normalized spacial score (nSPS) is 13.3. The number of nitrogens with zero attached hydrogens (tertiary/aromatic N) is 2. The lowest BCUT2D eigenvalue weighted by atomic mass is 9.95. The molecule has 2 aromatic carbocycles. The first-order chi connectivity index (χ1) is 21.5. The Morgan fingerprint density at radius 3 is 1.32 bits per heavy atom. The number of aryl methyl sites for hydroxylation is 4. The number of hydrogen-bond acceptors (Lipinski definition) is 0. The van der Waals surface area contributed by atoms with Gasteiger partial charge in [-0.05, 0) is 111 Å². The molecular weight excluding hydrogens is 532 g/mol. The number of hydrogen-bond donors (Lipinski definition) is 0. The van der Waals surface area contributed by atoms with Crippen molar-refractivity contribution in [3.05, 3.63) is 87.0 Å². The highest BCUT2D eigenvalue weighted by atomic mass is 15.2. The Morgan fingerprint density at radius 2 is 0.818 bits per heavy atom. The minimum Gasteiger partial charge on any atom is -0.493 e. The second kappa shape index (κ2) is 20.5. The maximum atomic E-state index is 12.0. The van der Waals surface area contributed by atoms with Gasteiger partial charge in [0.15, 0.2) is 0 Å². The summed E-state index contributed by atoms with van der Waals surface area (Å²) in [6.45, 7) is 11.4. The number of rotatable bonds is 23. The standard InChI is InChI=1S/C42H64N2/c1-6-11-16-17-18-21-26-38-33-41(39-29-34(22-14-9-4)27-36(30-39)24-19-12-7-2)44(43)42(38)40-31-35(23-15-10-5)28-37(32-40)25-20-13-8-3/h27-33H,6-26H2,1-5H3. The molecule has 1 aliphatic heterocycles. The molecule has 0 atom stereocenters. The topological polar surface area (TPSA) is 25.3 Å². The molecule has 0 bridgehead atoms. The summed E-state index contributed by atoms with van der Waals surface area (Å²) < 4.78 is 1.57. The SMILES string of the molecule is CCCCCCCCC1=C(c2cc(CCCC)cc(CCCCC)c2)[N+](=[N-])C(c2cc(CCCC)cc(CCCCC)c2)=C1. The Bertz CT molecular complexity index is 1210. The van der Waals surface area contributed by atoms with Crippen molar-refractivity contribution in [2.24, 2.45) is 0 Å². The lowest BCUT2D eigenvalue weighted by Gasteiger charge is -2.14. The summed E-state index contributed by atoms with van der Waals surface area (Å²) in [5, 5.41) is 0. The van der Waals surface area contributed by atoms with Crippen molar-refractivity contribution in [2.75, 3.05) is 0 Å². The van der Waals surface area contributed by atoms with Gasteiger partial charge in [0, 0.05) is 22.8 Å². The highest BCUT2D eigenvalue weighted by Gasteiger charge is 2.29. The summed E-state index contributed by atoms with van der Waals surface area (Å²) in [6, 6.07) is 14.3. The fraction of sp³-hybridized carbons (Fsp3) is 0.619. The second-order valence-electron chi connectivity index (χ2n) is 13.4. The van der Waals surface area contributed by atoms with Crippen LogP contribution in [-0.4, -0.2) is 4.70 Å². The average Bonchev–Trinajstić information content (AvgIpc) is 3.36. The van der Waals surface area contributed by atoms with Crippen molar-refractivity contribution in [1.82, 2.24) is 0 Å². The average molecular weight is 597 g/mol. The maximum absolute atomic E-state index is 12.0. The van der Waals surface area contributed by atoms with E-state index in [2.05, 4.69) is 77.1 Å². The van der Waals surface area contributed by atoms with Crippen LogP contribution in [0.2, 0.25) is 0 Å². The second-order valence-corrected chi connectivity index (χ2v) is 13.4. The van der Waals surface area contributed by atoms with Gasteiger partial charge in [-0.15, -0.1) is 0 Å². The molecule has 1 heterocycles. The van der Waals surface area contributed by atoms with Crippen LogP contribution in [0.15, 0.2) is 48.0 Å². The molecule has 0 unspecified atom stereocenters. The van der Waals surface area contributed by atoms with E-state index >= 15 is 0 Å². The molecule has 2 heteroatoms. The van der Waals surface area contributed by atoms with Crippen LogP contribution in [0, 0.1) is 0 Å². The van der Waals surface area contributed by atoms with E-state index in [1.165, 1.54) is 142 Å². The first kappa shape index (κ1) is 36.0. The van der Waals surface area contributed by atoms with E-state index in [1.54, 1.807) is 4.70 Å². The lowest BCUT2D eigenvalue weighted by molar-refractivity contribution is -0.344. The highest BCUT2D eigenvalue weighted by Crippen LogP contribution is 2.39. The third kappa shape index (κ3) is 11.5. The Kier molecular flexibility index (Phi) is 16.8. The molecule has 0 radical (unpaired) electrons. The van der Waals surface area contributed by atoms with Crippen LogP contribution in [0.1, 0.15) is 177 Å². The van der Waals surface area contributed by atoms with E-state index < -0.39 is 0 Å². The van der Waals surface area contributed by atoms with Gasteiger partial charge in [-0.25, -0.2) is 4.70 Å². The Morgan fingerprint density at radius 1 is 0.432 bits per heavy atom. The Labute approximate surface area is 271 Å². The largest absolute Gasteiger partial charge is 0.493 e. The number of unbranched alkanes of at least 4 members (excludes halogenated alkanes) is 11. The molecule has 0 aromatic heterocycles. The molecule has 0 amide bonds. The van der Waals surface area contributed by atoms with Crippen molar-refractivity contribution in [2.45, 2.75) is 169 Å². The van der Waals surface area contributed by atoms with E-state index in [1.807, 2.05) is 0 Å². The molecule has 242 valence electrons. The van der Waals surface area contributed by atoms with Crippen LogP contribution in [0.25, 0.3) is 16.9 Å². The van der Waals surface area contributed by atoms with Gasteiger partial charge in [0.05, 0.1) is 0 Å². The van der Waals surface area contributed by atoms with Crippen molar-refractivity contribution < 1.29 is 4.70 Å². The predicted molar refractivity (Wildman–Crippen MR) is 193 cm³/mol. The van der Waals surface area contributed by atoms with Gasteiger partial charge in [-0.1, -0.05) is 117 Å². The van der Waals surface area contributed by atoms with Gasteiger partial charge >= 0.3 is 0 Å². The van der Waals surface area contributed by atoms with Crippen LogP contribution < -0.4 is 0 Å². The lowest BCUT2D eigenvalue weighted by Crippen LogP contribution is -2.05. The molecule has 2 nitrogen and oxygen atoms in total. The molecule has 2 aromatic rings. The Hall–Kier alpha value is -2.48. The van der Waals surface area contributed by atoms with Crippen LogP contribution in [0.5, 0.6) is 0 Å². The van der Waals surface area contributed by atoms with Crippen molar-refractivity contribution in [3.8, 4) is 0 Å². The van der Waals surface area contributed by atoms with E-state index in [0.717, 1.165) is 43.5 Å². The molecule has 0 fully saturated rings. The summed E-state index contributed by atoms with van der Waals surface area (Å²) >= 11 is 0. The van der Waals surface area contributed by atoms with Gasteiger partial charge in [0.25, 0.3) is 0 Å². The van der Waals surface area contributed by atoms with Crippen LogP contribution in [0.4, 0.5) is 0 Å². The molecule has 44 heavy (non-hydrogen) atoms. The minimum atomic E-state index is 0.961. The smallest absolute Gasteiger partial charge is 0.210 e. The molecule has 0 saturated heterocycles. The van der Waals surface area contributed by atoms with Crippen LogP contribution in [0.3, 0.4) is 0 Å². The van der Waals surface area contributed by atoms with Gasteiger partial charge < -0.3 is 5.53 Å². The van der Waals surface area contributed by atoms with Crippen molar-refractivity contribution in [3.63, 3.8) is 0 Å². The Balaban J connectivity index is 2.01. The van der Waals surface area contributed by atoms with Gasteiger partial charge in [-0.3, -0.25) is 0 Å². The third-order valence-electron chi connectivity index (χ3n) is 9.31. The fourth-order valence-electron chi connectivity index (χ4n) is 6.66. The number of benzene rings is 2. The van der Waals surface area contributed by atoms with Crippen LogP contribution >= 0.6 is 0 Å². The zero-order chi connectivity index (χ0) is 31.6. The van der Waals surface area contributed by atoms with Crippen molar-refractivity contribution >= 4 is 11.4 Å². The molecular formula is C42H64N2. The molecule has 0 spiro atoms. The zero-order valence-electron chi connectivity index (χ0n) is 29.3. The minimum absolute atomic E-state index is 0.961. The highest BCUT2D eigenvalue weighted by molar-refractivity contribution is 5.79. The number of allylic oxidation sites excluding steroid dienone is 2. The maximum Gasteiger partial charge on any atom is 0.210 e. The first-order valence-electron chi connectivity index (χ1n) is 18.7. The molecule has 0 aliphatic carbocycles. The molecule has 1 aliphatic rings. The van der Waals surface area contributed by atoms with Gasteiger partial charge in [-0.2, -0.15) is 0 Å².